The van der Waals surface area contributed by atoms with Crippen LogP contribution in [0.15, 0.2) is 24.3 Å². The fourth-order valence-corrected chi connectivity index (χ4v) is 1.49. The van der Waals surface area contributed by atoms with Crippen molar-refractivity contribution in [2.75, 3.05) is 13.1 Å². The molecule has 1 atom stereocenters. The molecule has 90 valence electrons. The van der Waals surface area contributed by atoms with Crippen LogP contribution >= 0.6 is 0 Å². The summed E-state index contributed by atoms with van der Waals surface area (Å²) in [5.41, 5.74) is 1.80. The maximum atomic E-state index is 10.7. The molecule has 1 unspecified atom stereocenters. The molecule has 1 aromatic carbocycles. The fourth-order valence-electron chi connectivity index (χ4n) is 1.49. The Morgan fingerprint density at radius 3 is 2.53 bits per heavy atom. The topological polar surface area (TPSA) is 64.9 Å². The van der Waals surface area contributed by atoms with Crippen LogP contribution in [0, 0.1) is 11.3 Å². The monoisotopic (exact) mass is 231 g/mol. The predicted molar refractivity (Wildman–Crippen MR) is 66.3 cm³/mol. The van der Waals surface area contributed by atoms with Gasteiger partial charge in [0.15, 0.2) is 0 Å². The molecular weight excluding hydrogens is 214 g/mol. The molecule has 0 aliphatic rings. The molecule has 0 aliphatic heterocycles. The summed E-state index contributed by atoms with van der Waals surface area (Å²) in [6.45, 7) is 4.90. The Labute approximate surface area is 102 Å². The van der Waals surface area contributed by atoms with Gasteiger partial charge < -0.3 is 10.6 Å². The maximum absolute atomic E-state index is 10.7. The van der Waals surface area contributed by atoms with E-state index in [-0.39, 0.29) is 11.9 Å². The molecule has 0 aromatic heterocycles. The first-order valence-corrected chi connectivity index (χ1v) is 5.61. The number of amides is 1. The van der Waals surface area contributed by atoms with E-state index < -0.39 is 0 Å². The van der Waals surface area contributed by atoms with Gasteiger partial charge in [0.05, 0.1) is 11.6 Å². The van der Waals surface area contributed by atoms with Crippen molar-refractivity contribution in [2.24, 2.45) is 0 Å². The Balaban J connectivity index is 2.39. The van der Waals surface area contributed by atoms with E-state index in [2.05, 4.69) is 23.6 Å². The second kappa shape index (κ2) is 6.66. The Hall–Kier alpha value is -1.86. The molecule has 0 saturated heterocycles. The van der Waals surface area contributed by atoms with Gasteiger partial charge in [-0.05, 0) is 24.6 Å². The lowest BCUT2D eigenvalue weighted by molar-refractivity contribution is -0.118. The molecule has 0 saturated carbocycles. The van der Waals surface area contributed by atoms with E-state index in [0.29, 0.717) is 12.1 Å². The summed E-state index contributed by atoms with van der Waals surface area (Å²) < 4.78 is 0. The maximum Gasteiger partial charge on any atom is 0.216 e. The summed E-state index contributed by atoms with van der Waals surface area (Å²) >= 11 is 0. The van der Waals surface area contributed by atoms with Crippen LogP contribution in [0.1, 0.15) is 31.0 Å². The van der Waals surface area contributed by atoms with Crippen molar-refractivity contribution >= 4 is 5.91 Å². The van der Waals surface area contributed by atoms with Crippen LogP contribution < -0.4 is 10.6 Å². The van der Waals surface area contributed by atoms with Crippen molar-refractivity contribution in [2.45, 2.75) is 19.9 Å². The highest BCUT2D eigenvalue weighted by atomic mass is 16.1. The van der Waals surface area contributed by atoms with Gasteiger partial charge in [-0.25, -0.2) is 0 Å². The highest BCUT2D eigenvalue weighted by molar-refractivity contribution is 5.72. The second-order valence-electron chi connectivity index (χ2n) is 3.89. The number of carbonyl (C=O) groups is 1. The molecule has 0 aliphatic carbocycles. The lowest BCUT2D eigenvalue weighted by Gasteiger charge is -2.14. The quantitative estimate of drug-likeness (QED) is 0.752. The molecule has 0 bridgehead atoms. The Kier molecular flexibility index (Phi) is 5.18. The van der Waals surface area contributed by atoms with Gasteiger partial charge >= 0.3 is 0 Å². The zero-order valence-corrected chi connectivity index (χ0v) is 10.2. The number of nitriles is 1. The minimum Gasteiger partial charge on any atom is -0.355 e. The average Bonchev–Trinajstić information content (AvgIpc) is 2.34. The molecule has 0 fully saturated rings. The third-order valence-corrected chi connectivity index (χ3v) is 2.49. The predicted octanol–water partition coefficient (Wildman–Crippen LogP) is 1.34. The molecule has 4 heteroatoms. The van der Waals surface area contributed by atoms with Crippen molar-refractivity contribution in [3.63, 3.8) is 0 Å². The molecule has 1 rings (SSSR count). The number of nitrogens with zero attached hydrogens (tertiary/aromatic N) is 1. The number of hydrogen-bond acceptors (Lipinski definition) is 3. The van der Waals surface area contributed by atoms with Crippen molar-refractivity contribution in [1.29, 1.82) is 5.26 Å². The molecule has 1 amide bonds. The first-order chi connectivity index (χ1) is 8.13. The third-order valence-electron chi connectivity index (χ3n) is 2.49. The highest BCUT2D eigenvalue weighted by Gasteiger charge is 2.03. The van der Waals surface area contributed by atoms with E-state index >= 15 is 0 Å². The number of rotatable bonds is 5. The van der Waals surface area contributed by atoms with Crippen LogP contribution in [0.25, 0.3) is 0 Å². The molecular formula is C13H17N3O. The van der Waals surface area contributed by atoms with Crippen LogP contribution in [0.4, 0.5) is 0 Å². The zero-order chi connectivity index (χ0) is 12.7. The third kappa shape index (κ3) is 4.66. The van der Waals surface area contributed by atoms with Gasteiger partial charge in [-0.2, -0.15) is 5.26 Å². The van der Waals surface area contributed by atoms with Gasteiger partial charge in [0.2, 0.25) is 5.91 Å². The van der Waals surface area contributed by atoms with Gasteiger partial charge in [-0.15, -0.1) is 0 Å². The van der Waals surface area contributed by atoms with Crippen molar-refractivity contribution in [1.82, 2.24) is 10.6 Å². The molecule has 0 spiro atoms. The van der Waals surface area contributed by atoms with E-state index in [1.807, 2.05) is 12.1 Å². The SMILES string of the molecule is CC(=O)NCCNC(C)c1ccc(C#N)cc1. The largest absolute Gasteiger partial charge is 0.355 e. The lowest BCUT2D eigenvalue weighted by atomic mass is 10.1. The molecule has 1 aromatic rings. The fraction of sp³-hybridized carbons (Fsp3) is 0.385. The normalized spacial score (nSPS) is 11.6. The number of benzene rings is 1. The van der Waals surface area contributed by atoms with Crippen LogP contribution in [0.2, 0.25) is 0 Å². The van der Waals surface area contributed by atoms with Crippen LogP contribution in [0.5, 0.6) is 0 Å². The number of hydrogen-bond donors (Lipinski definition) is 2. The highest BCUT2D eigenvalue weighted by Crippen LogP contribution is 2.12. The van der Waals surface area contributed by atoms with E-state index in [4.69, 9.17) is 5.26 Å². The van der Waals surface area contributed by atoms with Crippen LogP contribution in [-0.4, -0.2) is 19.0 Å². The average molecular weight is 231 g/mol. The Morgan fingerprint density at radius 2 is 2.00 bits per heavy atom. The van der Waals surface area contributed by atoms with Crippen molar-refractivity contribution < 1.29 is 4.79 Å². The van der Waals surface area contributed by atoms with Crippen molar-refractivity contribution in [3.05, 3.63) is 35.4 Å². The smallest absolute Gasteiger partial charge is 0.216 e. The van der Waals surface area contributed by atoms with Gasteiger partial charge in [-0.1, -0.05) is 12.1 Å². The minimum atomic E-state index is -0.0159. The molecule has 0 heterocycles. The summed E-state index contributed by atoms with van der Waals surface area (Å²) in [6, 6.07) is 9.79. The number of carbonyl (C=O) groups excluding carboxylic acids is 1. The molecule has 4 nitrogen and oxygen atoms in total. The molecule has 17 heavy (non-hydrogen) atoms. The van der Waals surface area contributed by atoms with E-state index in [1.54, 1.807) is 12.1 Å². The van der Waals surface area contributed by atoms with Gasteiger partial charge in [0.1, 0.15) is 0 Å². The summed E-state index contributed by atoms with van der Waals surface area (Å²) in [4.78, 5) is 10.7. The minimum absolute atomic E-state index is 0.0159. The first-order valence-electron chi connectivity index (χ1n) is 5.61. The Bertz CT molecular complexity index is 406. The summed E-state index contributed by atoms with van der Waals surface area (Å²) in [7, 11) is 0. The van der Waals surface area contributed by atoms with Gasteiger partial charge in [0, 0.05) is 26.1 Å². The summed E-state index contributed by atoms with van der Waals surface area (Å²) in [6.07, 6.45) is 0. The molecule has 0 radical (unpaired) electrons. The van der Waals surface area contributed by atoms with Gasteiger partial charge in [-0.3, -0.25) is 4.79 Å². The Morgan fingerprint density at radius 1 is 1.35 bits per heavy atom. The van der Waals surface area contributed by atoms with Crippen LogP contribution in [0.3, 0.4) is 0 Å². The van der Waals surface area contributed by atoms with Crippen molar-refractivity contribution in [3.8, 4) is 6.07 Å². The summed E-state index contributed by atoms with van der Waals surface area (Å²) in [5.74, 6) is -0.0159. The van der Waals surface area contributed by atoms with E-state index in [1.165, 1.54) is 6.92 Å². The molecule has 2 N–H and O–H groups in total. The lowest BCUT2D eigenvalue weighted by Crippen LogP contribution is -2.31. The standard InChI is InChI=1S/C13H17N3O/c1-10(15-7-8-16-11(2)17)13-5-3-12(9-14)4-6-13/h3-6,10,15H,7-8H2,1-2H3,(H,16,17). The first kappa shape index (κ1) is 13.2. The summed E-state index contributed by atoms with van der Waals surface area (Å²) in [5, 5.41) is 14.7. The van der Waals surface area contributed by atoms with E-state index in [0.717, 1.165) is 12.1 Å². The zero-order valence-electron chi connectivity index (χ0n) is 10.2. The van der Waals surface area contributed by atoms with Crippen LogP contribution in [-0.2, 0) is 4.79 Å². The number of nitrogens with one attached hydrogen (secondary N) is 2. The van der Waals surface area contributed by atoms with E-state index in [9.17, 15) is 4.79 Å². The second-order valence-corrected chi connectivity index (χ2v) is 3.89. The van der Waals surface area contributed by atoms with Gasteiger partial charge in [0.25, 0.3) is 0 Å².